The molecule has 0 bridgehead atoms. The van der Waals surface area contributed by atoms with Crippen LogP contribution in [0.5, 0.6) is 0 Å². The minimum absolute atomic E-state index is 0.0410. The van der Waals surface area contributed by atoms with Crippen LogP contribution in [0.15, 0.2) is 12.4 Å². The maximum Gasteiger partial charge on any atom is 0.147 e. The average molecular weight is 221 g/mol. The molecule has 0 aliphatic carbocycles. The quantitative estimate of drug-likeness (QED) is 0.821. The predicted molar refractivity (Wildman–Crippen MR) is 63.1 cm³/mol. The highest BCUT2D eigenvalue weighted by Crippen LogP contribution is 2.25. The molecule has 1 N–H and O–H groups in total. The largest absolute Gasteiger partial charge is 0.390 e. The molecule has 1 aromatic heterocycles. The third kappa shape index (κ3) is 2.32. The van der Waals surface area contributed by atoms with Crippen LogP contribution in [0.2, 0.25) is 0 Å². The maximum atomic E-state index is 9.03. The number of aliphatic hydroxyl groups is 1. The second-order valence-corrected chi connectivity index (χ2v) is 4.72. The first-order chi connectivity index (χ1) is 7.70. The summed E-state index contributed by atoms with van der Waals surface area (Å²) >= 11 is 0. The Balaban J connectivity index is 2.12. The van der Waals surface area contributed by atoms with Gasteiger partial charge in [0.05, 0.1) is 24.7 Å². The SMILES string of the molecule is CC1CCN(c2cncc(CO)n2)CC1C. The molecule has 2 unspecified atom stereocenters. The molecule has 1 aliphatic rings. The van der Waals surface area contributed by atoms with Gasteiger partial charge in [0.1, 0.15) is 5.82 Å². The molecule has 4 heteroatoms. The zero-order valence-corrected chi connectivity index (χ0v) is 9.93. The Morgan fingerprint density at radius 1 is 1.38 bits per heavy atom. The molecular formula is C12H19N3O. The van der Waals surface area contributed by atoms with E-state index in [1.807, 2.05) is 0 Å². The van der Waals surface area contributed by atoms with E-state index < -0.39 is 0 Å². The van der Waals surface area contributed by atoms with Crippen molar-refractivity contribution in [2.45, 2.75) is 26.9 Å². The number of nitrogens with zero attached hydrogens (tertiary/aromatic N) is 3. The van der Waals surface area contributed by atoms with Crippen LogP contribution in [0.4, 0.5) is 5.82 Å². The monoisotopic (exact) mass is 221 g/mol. The van der Waals surface area contributed by atoms with E-state index in [2.05, 4.69) is 28.7 Å². The molecule has 0 radical (unpaired) electrons. The van der Waals surface area contributed by atoms with E-state index >= 15 is 0 Å². The smallest absolute Gasteiger partial charge is 0.147 e. The lowest BCUT2D eigenvalue weighted by molar-refractivity contribution is 0.276. The molecule has 2 rings (SSSR count). The molecule has 1 fully saturated rings. The van der Waals surface area contributed by atoms with E-state index in [4.69, 9.17) is 5.11 Å². The molecule has 2 heterocycles. The summed E-state index contributed by atoms with van der Waals surface area (Å²) in [6, 6.07) is 0. The lowest BCUT2D eigenvalue weighted by atomic mass is 9.89. The van der Waals surface area contributed by atoms with Gasteiger partial charge < -0.3 is 10.0 Å². The zero-order chi connectivity index (χ0) is 11.5. The summed E-state index contributed by atoms with van der Waals surface area (Å²) in [5, 5.41) is 9.03. The minimum atomic E-state index is -0.0410. The van der Waals surface area contributed by atoms with Gasteiger partial charge in [-0.2, -0.15) is 0 Å². The molecular weight excluding hydrogens is 202 g/mol. The zero-order valence-electron chi connectivity index (χ0n) is 9.93. The Morgan fingerprint density at radius 3 is 2.88 bits per heavy atom. The van der Waals surface area contributed by atoms with E-state index in [0.717, 1.165) is 24.8 Å². The highest BCUT2D eigenvalue weighted by atomic mass is 16.3. The van der Waals surface area contributed by atoms with Crippen molar-refractivity contribution >= 4 is 5.82 Å². The van der Waals surface area contributed by atoms with E-state index in [0.29, 0.717) is 11.6 Å². The predicted octanol–water partition coefficient (Wildman–Crippen LogP) is 1.45. The van der Waals surface area contributed by atoms with Crippen molar-refractivity contribution in [3.05, 3.63) is 18.1 Å². The summed E-state index contributed by atoms with van der Waals surface area (Å²) in [7, 11) is 0. The van der Waals surface area contributed by atoms with Crippen molar-refractivity contribution in [3.63, 3.8) is 0 Å². The fourth-order valence-corrected chi connectivity index (χ4v) is 2.09. The standard InChI is InChI=1S/C12H19N3O/c1-9-3-4-15(7-10(9)2)12-6-13-5-11(8-16)14-12/h5-6,9-10,16H,3-4,7-8H2,1-2H3. The fourth-order valence-electron chi connectivity index (χ4n) is 2.09. The lowest BCUT2D eigenvalue weighted by Gasteiger charge is -2.35. The van der Waals surface area contributed by atoms with Gasteiger partial charge in [0.15, 0.2) is 0 Å². The Morgan fingerprint density at radius 2 is 2.19 bits per heavy atom. The summed E-state index contributed by atoms with van der Waals surface area (Å²) in [6.07, 6.45) is 4.59. The van der Waals surface area contributed by atoms with Gasteiger partial charge >= 0.3 is 0 Å². The number of aromatic nitrogens is 2. The normalized spacial score (nSPS) is 25.8. The van der Waals surface area contributed by atoms with Gasteiger partial charge in [-0.05, 0) is 18.3 Å². The number of hydrogen-bond acceptors (Lipinski definition) is 4. The maximum absolute atomic E-state index is 9.03. The first-order valence-corrected chi connectivity index (χ1v) is 5.87. The van der Waals surface area contributed by atoms with Crippen LogP contribution in [0.25, 0.3) is 0 Å². The summed E-state index contributed by atoms with van der Waals surface area (Å²) in [5.74, 6) is 2.36. The van der Waals surface area contributed by atoms with E-state index in [9.17, 15) is 0 Å². The Kier molecular flexibility index (Phi) is 3.39. The first-order valence-electron chi connectivity index (χ1n) is 5.87. The molecule has 4 nitrogen and oxygen atoms in total. The number of anilines is 1. The van der Waals surface area contributed by atoms with Gasteiger partial charge in [0, 0.05) is 13.1 Å². The fraction of sp³-hybridized carbons (Fsp3) is 0.667. The van der Waals surface area contributed by atoms with Crippen molar-refractivity contribution in [1.82, 2.24) is 9.97 Å². The summed E-state index contributed by atoms with van der Waals surface area (Å²) in [4.78, 5) is 10.8. The van der Waals surface area contributed by atoms with Gasteiger partial charge in [-0.25, -0.2) is 4.98 Å². The Bertz CT molecular complexity index is 356. The van der Waals surface area contributed by atoms with Crippen molar-refractivity contribution < 1.29 is 5.11 Å². The van der Waals surface area contributed by atoms with Gasteiger partial charge in [-0.3, -0.25) is 4.98 Å². The Labute approximate surface area is 96.3 Å². The highest BCUT2D eigenvalue weighted by Gasteiger charge is 2.23. The number of rotatable bonds is 2. The summed E-state index contributed by atoms with van der Waals surface area (Å²) in [5.41, 5.74) is 0.642. The van der Waals surface area contributed by atoms with Gasteiger partial charge in [-0.1, -0.05) is 13.8 Å². The van der Waals surface area contributed by atoms with Crippen LogP contribution < -0.4 is 4.90 Å². The number of aliphatic hydroxyl groups excluding tert-OH is 1. The van der Waals surface area contributed by atoms with Crippen LogP contribution in [0, 0.1) is 11.8 Å². The van der Waals surface area contributed by atoms with Crippen molar-refractivity contribution in [2.75, 3.05) is 18.0 Å². The highest BCUT2D eigenvalue weighted by molar-refractivity contribution is 5.37. The minimum Gasteiger partial charge on any atom is -0.390 e. The van der Waals surface area contributed by atoms with Gasteiger partial charge in [0.2, 0.25) is 0 Å². The molecule has 2 atom stereocenters. The van der Waals surface area contributed by atoms with Crippen molar-refractivity contribution in [2.24, 2.45) is 11.8 Å². The van der Waals surface area contributed by atoms with Crippen LogP contribution in [-0.2, 0) is 6.61 Å². The molecule has 0 amide bonds. The van der Waals surface area contributed by atoms with Gasteiger partial charge in [0.25, 0.3) is 0 Å². The lowest BCUT2D eigenvalue weighted by Crippen LogP contribution is -2.39. The second kappa shape index (κ2) is 4.78. The number of piperidine rings is 1. The molecule has 0 spiro atoms. The number of hydrogen-bond donors (Lipinski definition) is 1. The molecule has 1 saturated heterocycles. The molecule has 1 aromatic rings. The van der Waals surface area contributed by atoms with Crippen LogP contribution >= 0.6 is 0 Å². The van der Waals surface area contributed by atoms with Crippen LogP contribution in [-0.4, -0.2) is 28.2 Å². The summed E-state index contributed by atoms with van der Waals surface area (Å²) < 4.78 is 0. The Hall–Kier alpha value is -1.16. The van der Waals surface area contributed by atoms with E-state index in [1.54, 1.807) is 12.4 Å². The van der Waals surface area contributed by atoms with Crippen LogP contribution in [0.3, 0.4) is 0 Å². The van der Waals surface area contributed by atoms with Gasteiger partial charge in [-0.15, -0.1) is 0 Å². The molecule has 0 saturated carbocycles. The third-order valence-corrected chi connectivity index (χ3v) is 3.49. The first kappa shape index (κ1) is 11.3. The van der Waals surface area contributed by atoms with Crippen molar-refractivity contribution in [3.8, 4) is 0 Å². The van der Waals surface area contributed by atoms with Crippen molar-refractivity contribution in [1.29, 1.82) is 0 Å². The molecule has 16 heavy (non-hydrogen) atoms. The van der Waals surface area contributed by atoms with E-state index in [-0.39, 0.29) is 6.61 Å². The third-order valence-electron chi connectivity index (χ3n) is 3.49. The van der Waals surface area contributed by atoms with Crippen LogP contribution in [0.1, 0.15) is 26.0 Å². The summed E-state index contributed by atoms with van der Waals surface area (Å²) in [6.45, 7) is 6.61. The van der Waals surface area contributed by atoms with E-state index in [1.165, 1.54) is 6.42 Å². The molecule has 88 valence electrons. The second-order valence-electron chi connectivity index (χ2n) is 4.72. The topological polar surface area (TPSA) is 49.2 Å². The average Bonchev–Trinajstić information content (AvgIpc) is 2.33. The molecule has 1 aliphatic heterocycles. The molecule has 0 aromatic carbocycles.